The van der Waals surface area contributed by atoms with Gasteiger partial charge in [0, 0.05) is 6.54 Å². The Morgan fingerprint density at radius 3 is 2.38 bits per heavy atom. The van der Waals surface area contributed by atoms with Gasteiger partial charge >= 0.3 is 0 Å². The van der Waals surface area contributed by atoms with E-state index in [2.05, 4.69) is 35.6 Å². The number of aryl methyl sites for hydroxylation is 2. The molecule has 3 nitrogen and oxygen atoms in total. The molecule has 0 aliphatic carbocycles. The maximum atomic E-state index is 12.0. The van der Waals surface area contributed by atoms with E-state index in [1.54, 1.807) is 0 Å². The van der Waals surface area contributed by atoms with E-state index in [0.717, 1.165) is 22.4 Å². The molecule has 3 heteroatoms. The highest BCUT2D eigenvalue weighted by Gasteiger charge is 2.04. The molecule has 0 heterocycles. The highest BCUT2D eigenvalue weighted by Crippen LogP contribution is 2.17. The van der Waals surface area contributed by atoms with Crippen LogP contribution in [-0.4, -0.2) is 12.5 Å². The van der Waals surface area contributed by atoms with E-state index in [0.29, 0.717) is 6.54 Å². The third kappa shape index (κ3) is 4.13. The van der Waals surface area contributed by atoms with Gasteiger partial charge in [-0.15, -0.1) is 0 Å². The minimum atomic E-state index is -0.123. The molecule has 0 spiro atoms. The van der Waals surface area contributed by atoms with Gasteiger partial charge in [0.15, 0.2) is 6.61 Å². The molecule has 0 saturated heterocycles. The Labute approximate surface area is 142 Å². The largest absolute Gasteiger partial charge is 0.484 e. The number of rotatable bonds is 5. The fraction of sp³-hybridized carbons (Fsp3) is 0.190. The van der Waals surface area contributed by atoms with Crippen LogP contribution < -0.4 is 10.1 Å². The normalized spacial score (nSPS) is 10.6. The molecule has 0 unspecified atom stereocenters. The quantitative estimate of drug-likeness (QED) is 0.767. The molecule has 3 aromatic rings. The van der Waals surface area contributed by atoms with Gasteiger partial charge in [0.25, 0.3) is 5.91 Å². The topological polar surface area (TPSA) is 38.3 Å². The van der Waals surface area contributed by atoms with E-state index in [4.69, 9.17) is 4.74 Å². The molecule has 0 fully saturated rings. The lowest BCUT2D eigenvalue weighted by Crippen LogP contribution is -2.28. The second kappa shape index (κ2) is 7.18. The third-order valence-electron chi connectivity index (χ3n) is 3.87. The van der Waals surface area contributed by atoms with Crippen LogP contribution in [0.2, 0.25) is 0 Å². The summed E-state index contributed by atoms with van der Waals surface area (Å²) in [5, 5.41) is 5.28. The SMILES string of the molecule is Cc1cc(C)cc(OCC(=O)NCc2ccc3ccccc3c2)c1. The Morgan fingerprint density at radius 2 is 1.62 bits per heavy atom. The van der Waals surface area contributed by atoms with Crippen LogP contribution in [0.25, 0.3) is 10.8 Å². The molecule has 0 saturated carbocycles. The van der Waals surface area contributed by atoms with Gasteiger partial charge in [0.05, 0.1) is 0 Å². The van der Waals surface area contributed by atoms with Gasteiger partial charge in [-0.2, -0.15) is 0 Å². The molecule has 1 amide bonds. The predicted octanol–water partition coefficient (Wildman–Crippen LogP) is 4.15. The molecule has 122 valence electrons. The summed E-state index contributed by atoms with van der Waals surface area (Å²) in [7, 11) is 0. The molecule has 0 bridgehead atoms. The van der Waals surface area contributed by atoms with Crippen LogP contribution in [0.1, 0.15) is 16.7 Å². The first-order chi connectivity index (χ1) is 11.6. The number of amides is 1. The van der Waals surface area contributed by atoms with E-state index in [9.17, 15) is 4.79 Å². The number of nitrogens with one attached hydrogen (secondary N) is 1. The van der Waals surface area contributed by atoms with Gasteiger partial charge in [-0.1, -0.05) is 42.5 Å². The van der Waals surface area contributed by atoms with Gasteiger partial charge in [-0.25, -0.2) is 0 Å². The summed E-state index contributed by atoms with van der Waals surface area (Å²) in [6.07, 6.45) is 0. The maximum absolute atomic E-state index is 12.0. The smallest absolute Gasteiger partial charge is 0.258 e. The van der Waals surface area contributed by atoms with Crippen molar-refractivity contribution < 1.29 is 9.53 Å². The van der Waals surface area contributed by atoms with Crippen molar-refractivity contribution in [3.8, 4) is 5.75 Å². The fourth-order valence-electron chi connectivity index (χ4n) is 2.77. The van der Waals surface area contributed by atoms with E-state index >= 15 is 0 Å². The van der Waals surface area contributed by atoms with Crippen molar-refractivity contribution in [2.75, 3.05) is 6.61 Å². The van der Waals surface area contributed by atoms with Crippen LogP contribution in [-0.2, 0) is 11.3 Å². The summed E-state index contributed by atoms with van der Waals surface area (Å²) >= 11 is 0. The minimum Gasteiger partial charge on any atom is -0.484 e. The summed E-state index contributed by atoms with van der Waals surface area (Å²) in [5.74, 6) is 0.607. The second-order valence-corrected chi connectivity index (χ2v) is 6.07. The number of carbonyl (C=O) groups excluding carboxylic acids is 1. The maximum Gasteiger partial charge on any atom is 0.258 e. The van der Waals surface area contributed by atoms with Crippen molar-refractivity contribution in [3.05, 3.63) is 77.4 Å². The Kier molecular flexibility index (Phi) is 4.80. The summed E-state index contributed by atoms with van der Waals surface area (Å²) in [6, 6.07) is 20.3. The second-order valence-electron chi connectivity index (χ2n) is 6.07. The first-order valence-corrected chi connectivity index (χ1v) is 8.06. The number of hydrogen-bond acceptors (Lipinski definition) is 2. The number of ether oxygens (including phenoxy) is 1. The van der Waals surface area contributed by atoms with E-state index in [-0.39, 0.29) is 12.5 Å². The van der Waals surface area contributed by atoms with Gasteiger partial charge < -0.3 is 10.1 Å². The van der Waals surface area contributed by atoms with Crippen LogP contribution >= 0.6 is 0 Å². The molecule has 0 aromatic heterocycles. The molecular formula is C21H21NO2. The molecule has 3 rings (SSSR count). The van der Waals surface area contributed by atoms with E-state index < -0.39 is 0 Å². The highest BCUT2D eigenvalue weighted by atomic mass is 16.5. The minimum absolute atomic E-state index is 0.0243. The van der Waals surface area contributed by atoms with Crippen LogP contribution in [0.5, 0.6) is 5.75 Å². The van der Waals surface area contributed by atoms with Crippen molar-refractivity contribution in [1.29, 1.82) is 0 Å². The average Bonchev–Trinajstić information content (AvgIpc) is 2.57. The van der Waals surface area contributed by atoms with Crippen molar-refractivity contribution in [1.82, 2.24) is 5.32 Å². The molecule has 0 aliphatic rings. The molecule has 1 N–H and O–H groups in total. The standard InChI is InChI=1S/C21H21NO2/c1-15-9-16(2)11-20(10-15)24-14-21(23)22-13-17-7-8-18-5-3-4-6-19(18)12-17/h3-12H,13-14H2,1-2H3,(H,22,23). The summed E-state index contributed by atoms with van der Waals surface area (Å²) < 4.78 is 5.58. The first-order valence-electron chi connectivity index (χ1n) is 8.06. The van der Waals surface area contributed by atoms with Crippen molar-refractivity contribution in [3.63, 3.8) is 0 Å². The van der Waals surface area contributed by atoms with Crippen LogP contribution in [0.15, 0.2) is 60.7 Å². The Bertz CT molecular complexity index is 850. The van der Waals surface area contributed by atoms with Gasteiger partial charge in [-0.3, -0.25) is 4.79 Å². The van der Waals surface area contributed by atoms with Crippen molar-refractivity contribution in [2.45, 2.75) is 20.4 Å². The van der Waals surface area contributed by atoms with Crippen LogP contribution in [0.3, 0.4) is 0 Å². The van der Waals surface area contributed by atoms with Crippen LogP contribution in [0.4, 0.5) is 0 Å². The van der Waals surface area contributed by atoms with Gasteiger partial charge in [0.2, 0.25) is 0 Å². The Balaban J connectivity index is 1.54. The molecule has 0 radical (unpaired) electrons. The average molecular weight is 319 g/mol. The third-order valence-corrected chi connectivity index (χ3v) is 3.87. The first kappa shape index (κ1) is 16.1. The molecule has 0 atom stereocenters. The van der Waals surface area contributed by atoms with Crippen LogP contribution in [0, 0.1) is 13.8 Å². The Morgan fingerprint density at radius 1 is 0.917 bits per heavy atom. The van der Waals surface area contributed by atoms with E-state index in [1.165, 1.54) is 10.8 Å². The lowest BCUT2D eigenvalue weighted by atomic mass is 10.1. The van der Waals surface area contributed by atoms with Crippen molar-refractivity contribution >= 4 is 16.7 Å². The molecule has 24 heavy (non-hydrogen) atoms. The summed E-state index contributed by atoms with van der Waals surface area (Å²) in [4.78, 5) is 12.0. The number of benzene rings is 3. The fourth-order valence-corrected chi connectivity index (χ4v) is 2.77. The van der Waals surface area contributed by atoms with E-state index in [1.807, 2.05) is 44.2 Å². The molecule has 3 aromatic carbocycles. The molecule has 0 aliphatic heterocycles. The number of fused-ring (bicyclic) bond motifs is 1. The monoisotopic (exact) mass is 319 g/mol. The summed E-state index contributed by atoms with van der Waals surface area (Å²) in [5.41, 5.74) is 3.33. The lowest BCUT2D eigenvalue weighted by Gasteiger charge is -2.09. The van der Waals surface area contributed by atoms with Gasteiger partial charge in [-0.05, 0) is 59.5 Å². The zero-order chi connectivity index (χ0) is 16.9. The highest BCUT2D eigenvalue weighted by molar-refractivity contribution is 5.83. The number of carbonyl (C=O) groups is 1. The zero-order valence-corrected chi connectivity index (χ0v) is 14.0. The van der Waals surface area contributed by atoms with Gasteiger partial charge in [0.1, 0.15) is 5.75 Å². The predicted molar refractivity (Wildman–Crippen MR) is 97.2 cm³/mol. The lowest BCUT2D eigenvalue weighted by molar-refractivity contribution is -0.123. The number of hydrogen-bond donors (Lipinski definition) is 1. The van der Waals surface area contributed by atoms with Crippen molar-refractivity contribution in [2.24, 2.45) is 0 Å². The zero-order valence-electron chi connectivity index (χ0n) is 14.0. The molecular weight excluding hydrogens is 298 g/mol. The summed E-state index contributed by atoms with van der Waals surface area (Å²) in [6.45, 7) is 4.55. The Hall–Kier alpha value is -2.81.